The van der Waals surface area contributed by atoms with Gasteiger partial charge < -0.3 is 9.84 Å². The van der Waals surface area contributed by atoms with E-state index in [1.165, 1.54) is 5.56 Å². The number of fused-ring (bicyclic) bond motifs is 2. The Morgan fingerprint density at radius 3 is 2.59 bits per heavy atom. The molecule has 32 heavy (non-hydrogen) atoms. The number of ether oxygens (including phenoxy) is 1. The van der Waals surface area contributed by atoms with Crippen LogP contribution >= 0.6 is 23.4 Å². The number of aryl methyl sites for hydroxylation is 1. The van der Waals surface area contributed by atoms with Crippen molar-refractivity contribution in [3.8, 4) is 23.0 Å². The predicted molar refractivity (Wildman–Crippen MR) is 126 cm³/mol. The third-order valence-electron chi connectivity index (χ3n) is 5.39. The van der Waals surface area contributed by atoms with Gasteiger partial charge in [-0.1, -0.05) is 54.1 Å². The Hall–Kier alpha value is -2.93. The molecular weight excluding hydrogens is 442 g/mol. The normalized spacial score (nSPS) is 12.1. The van der Waals surface area contributed by atoms with Gasteiger partial charge in [0.15, 0.2) is 11.6 Å². The van der Waals surface area contributed by atoms with Crippen molar-refractivity contribution in [3.63, 3.8) is 0 Å². The molecule has 1 aliphatic heterocycles. The van der Waals surface area contributed by atoms with E-state index in [2.05, 4.69) is 17.1 Å². The molecule has 4 aromatic rings. The molecule has 2 aromatic carbocycles. The Balaban J connectivity index is 1.62. The van der Waals surface area contributed by atoms with E-state index >= 15 is 0 Å². The van der Waals surface area contributed by atoms with Crippen molar-refractivity contribution < 1.29 is 9.84 Å². The van der Waals surface area contributed by atoms with Crippen LogP contribution in [0.25, 0.3) is 11.4 Å². The molecule has 7 heteroatoms. The minimum absolute atomic E-state index is 0.0979. The van der Waals surface area contributed by atoms with Crippen LogP contribution in [0.1, 0.15) is 27.9 Å². The largest absolute Gasteiger partial charge is 0.436 e. The Bertz CT molecular complexity index is 1300. The first kappa shape index (κ1) is 20.9. The summed E-state index contributed by atoms with van der Waals surface area (Å²) >= 11 is 8.09. The lowest BCUT2D eigenvalue weighted by atomic mass is 9.99. The van der Waals surface area contributed by atoms with Gasteiger partial charge in [0, 0.05) is 35.1 Å². The fourth-order valence-corrected chi connectivity index (χ4v) is 4.90. The fourth-order valence-electron chi connectivity index (χ4n) is 3.70. The van der Waals surface area contributed by atoms with Crippen molar-refractivity contribution >= 4 is 23.4 Å². The maximum absolute atomic E-state index is 9.83. The Morgan fingerprint density at radius 1 is 1.03 bits per heavy atom. The summed E-state index contributed by atoms with van der Waals surface area (Å²) in [6.45, 7) is 1.80. The van der Waals surface area contributed by atoms with Gasteiger partial charge in [-0.25, -0.2) is 4.98 Å². The molecule has 1 aliphatic rings. The number of aliphatic hydroxyl groups is 1. The second-order valence-corrected chi connectivity index (χ2v) is 8.87. The van der Waals surface area contributed by atoms with Crippen molar-refractivity contribution in [1.82, 2.24) is 15.0 Å². The zero-order valence-electron chi connectivity index (χ0n) is 17.4. The number of rotatable bonds is 5. The highest BCUT2D eigenvalue weighted by Crippen LogP contribution is 2.43. The average molecular weight is 462 g/mol. The van der Waals surface area contributed by atoms with Crippen LogP contribution in [0.4, 0.5) is 0 Å². The molecule has 0 saturated carbocycles. The van der Waals surface area contributed by atoms with Crippen LogP contribution in [0.15, 0.2) is 65.8 Å². The quantitative estimate of drug-likeness (QED) is 0.256. The van der Waals surface area contributed by atoms with E-state index in [1.54, 1.807) is 18.0 Å². The third-order valence-corrected chi connectivity index (χ3v) is 6.81. The predicted octanol–water partition coefficient (Wildman–Crippen LogP) is 5.98. The van der Waals surface area contributed by atoms with Crippen molar-refractivity contribution in [2.75, 3.05) is 0 Å². The highest BCUT2D eigenvalue weighted by molar-refractivity contribution is 7.98. The second-order valence-electron chi connectivity index (χ2n) is 7.50. The number of hydrogen-bond donors (Lipinski definition) is 1. The van der Waals surface area contributed by atoms with E-state index < -0.39 is 0 Å². The van der Waals surface area contributed by atoms with Gasteiger partial charge >= 0.3 is 0 Å². The molecule has 160 valence electrons. The van der Waals surface area contributed by atoms with Crippen molar-refractivity contribution in [3.05, 3.63) is 93.8 Å². The lowest BCUT2D eigenvalue weighted by Gasteiger charge is -2.24. The van der Waals surface area contributed by atoms with Crippen LogP contribution in [-0.4, -0.2) is 20.1 Å². The lowest BCUT2D eigenvalue weighted by Crippen LogP contribution is -2.13. The minimum atomic E-state index is -0.0979. The highest BCUT2D eigenvalue weighted by atomic mass is 35.5. The van der Waals surface area contributed by atoms with Gasteiger partial charge in [0.2, 0.25) is 5.88 Å². The summed E-state index contributed by atoms with van der Waals surface area (Å²) in [5, 5.41) is 11.3. The van der Waals surface area contributed by atoms with Crippen LogP contribution in [-0.2, 0) is 18.8 Å². The van der Waals surface area contributed by atoms with Crippen LogP contribution in [0.5, 0.6) is 11.6 Å². The molecule has 0 amide bonds. The molecule has 0 unspecified atom stereocenters. The summed E-state index contributed by atoms with van der Waals surface area (Å²) in [5.74, 6) is 2.46. The molecule has 0 aliphatic carbocycles. The molecule has 5 nitrogen and oxygen atoms in total. The van der Waals surface area contributed by atoms with E-state index in [1.807, 2.05) is 49.4 Å². The number of halogens is 1. The monoisotopic (exact) mass is 461 g/mol. The molecule has 2 aromatic heterocycles. The number of hydrogen-bond acceptors (Lipinski definition) is 6. The molecule has 0 bridgehead atoms. The van der Waals surface area contributed by atoms with Crippen LogP contribution < -0.4 is 4.74 Å². The van der Waals surface area contributed by atoms with Crippen molar-refractivity contribution in [2.24, 2.45) is 0 Å². The molecule has 0 saturated heterocycles. The highest BCUT2D eigenvalue weighted by Gasteiger charge is 2.28. The van der Waals surface area contributed by atoms with Crippen LogP contribution in [0.3, 0.4) is 0 Å². The third kappa shape index (κ3) is 3.97. The summed E-state index contributed by atoms with van der Waals surface area (Å²) in [6.07, 6.45) is 2.28. The van der Waals surface area contributed by atoms with E-state index in [0.717, 1.165) is 38.7 Å². The first-order valence-electron chi connectivity index (χ1n) is 10.2. The number of nitrogens with zero attached hydrogens (tertiary/aromatic N) is 3. The number of aromatic nitrogens is 3. The summed E-state index contributed by atoms with van der Waals surface area (Å²) in [5.41, 5.74) is 5.33. The first-order valence-corrected chi connectivity index (χ1v) is 11.6. The summed E-state index contributed by atoms with van der Waals surface area (Å²) in [7, 11) is 0. The number of aliphatic hydroxyl groups excluding tert-OH is 1. The van der Waals surface area contributed by atoms with Crippen LogP contribution in [0.2, 0.25) is 5.02 Å². The molecule has 0 spiro atoms. The van der Waals surface area contributed by atoms with Gasteiger partial charge in [-0.15, -0.1) is 11.8 Å². The average Bonchev–Trinajstić information content (AvgIpc) is 2.83. The topological polar surface area (TPSA) is 68.1 Å². The Labute approximate surface area is 195 Å². The molecule has 5 rings (SSSR count). The first-order chi connectivity index (χ1) is 15.6. The maximum Gasteiger partial charge on any atom is 0.227 e. The standard InChI is InChI=1S/C25H20ClN3O2S/c1-15-22-19(17(13-30)12-27-15)11-20-24(31-22)28-23(18-9-5-6-10-21(18)26)29-25(20)32-14-16-7-3-2-4-8-16/h2-10,12,30H,11,13-14H2,1H3. The molecule has 1 N–H and O–H groups in total. The number of thioether (sulfide) groups is 1. The fraction of sp³-hybridized carbons (Fsp3) is 0.160. The van der Waals surface area contributed by atoms with Gasteiger partial charge in [-0.2, -0.15) is 4.98 Å². The smallest absolute Gasteiger partial charge is 0.227 e. The van der Waals surface area contributed by atoms with Gasteiger partial charge in [0.25, 0.3) is 0 Å². The molecule has 0 radical (unpaired) electrons. The van der Waals surface area contributed by atoms with E-state index in [4.69, 9.17) is 26.3 Å². The lowest BCUT2D eigenvalue weighted by molar-refractivity contribution is 0.278. The zero-order valence-corrected chi connectivity index (χ0v) is 19.0. The molecule has 3 heterocycles. The minimum Gasteiger partial charge on any atom is -0.436 e. The summed E-state index contributed by atoms with van der Waals surface area (Å²) in [6, 6.07) is 17.8. The zero-order chi connectivity index (χ0) is 22.1. The van der Waals surface area contributed by atoms with E-state index in [0.29, 0.717) is 28.9 Å². The number of benzene rings is 2. The van der Waals surface area contributed by atoms with Gasteiger partial charge in [-0.05, 0) is 24.6 Å². The molecule has 0 atom stereocenters. The Morgan fingerprint density at radius 2 is 1.81 bits per heavy atom. The van der Waals surface area contributed by atoms with E-state index in [9.17, 15) is 5.11 Å². The van der Waals surface area contributed by atoms with Gasteiger partial charge in [-0.3, -0.25) is 4.98 Å². The van der Waals surface area contributed by atoms with E-state index in [-0.39, 0.29) is 6.61 Å². The SMILES string of the molecule is Cc1ncc(CO)c2c1Oc1nc(-c3ccccc3Cl)nc(SCc3ccccc3)c1C2. The Kier molecular flexibility index (Phi) is 5.83. The van der Waals surface area contributed by atoms with Crippen LogP contribution in [0, 0.1) is 6.92 Å². The second kappa shape index (κ2) is 8.90. The maximum atomic E-state index is 9.83. The summed E-state index contributed by atoms with van der Waals surface area (Å²) in [4.78, 5) is 14.0. The van der Waals surface area contributed by atoms with Crippen molar-refractivity contribution in [1.29, 1.82) is 0 Å². The summed E-state index contributed by atoms with van der Waals surface area (Å²) < 4.78 is 6.26. The van der Waals surface area contributed by atoms with Crippen molar-refractivity contribution in [2.45, 2.75) is 30.7 Å². The van der Waals surface area contributed by atoms with Gasteiger partial charge in [0.1, 0.15) is 5.03 Å². The van der Waals surface area contributed by atoms with Gasteiger partial charge in [0.05, 0.1) is 22.9 Å². The number of pyridine rings is 1. The molecule has 0 fully saturated rings. The molecular formula is C25H20ClN3O2S.